The van der Waals surface area contributed by atoms with Gasteiger partial charge in [0.05, 0.1) is 5.69 Å². The molecule has 1 saturated heterocycles. The Labute approximate surface area is 113 Å². The van der Waals surface area contributed by atoms with Gasteiger partial charge in [0, 0.05) is 32.4 Å². The Kier molecular flexibility index (Phi) is 4.70. The molecule has 2 rings (SSSR count). The van der Waals surface area contributed by atoms with Crippen molar-refractivity contribution in [2.24, 2.45) is 5.84 Å². The largest absolute Gasteiger partial charge is 0.335 e. The zero-order valence-corrected chi connectivity index (χ0v) is 11.3. The minimum Gasteiger partial charge on any atom is -0.335 e. The smallest absolute Gasteiger partial charge is 0.272 e. The summed E-state index contributed by atoms with van der Waals surface area (Å²) in [6.45, 7) is 6.68. The van der Waals surface area contributed by atoms with Gasteiger partial charge in [0.15, 0.2) is 0 Å². The molecule has 1 aromatic heterocycles. The number of carbonyl (C=O) groups excluding carboxylic acids is 1. The quantitative estimate of drug-likeness (QED) is 0.612. The van der Waals surface area contributed by atoms with Crippen LogP contribution in [0.3, 0.4) is 0 Å². The van der Waals surface area contributed by atoms with Gasteiger partial charge in [-0.25, -0.2) is 0 Å². The van der Waals surface area contributed by atoms with Gasteiger partial charge in [-0.15, -0.1) is 0 Å². The molecule has 0 aromatic carbocycles. The number of anilines is 1. The lowest BCUT2D eigenvalue weighted by Crippen LogP contribution is -2.48. The highest BCUT2D eigenvalue weighted by atomic mass is 16.2. The predicted octanol–water partition coefficient (Wildman–Crippen LogP) is 0.535. The van der Waals surface area contributed by atoms with Crippen molar-refractivity contribution in [2.75, 3.05) is 38.1 Å². The van der Waals surface area contributed by atoms with E-state index in [1.165, 1.54) is 0 Å². The van der Waals surface area contributed by atoms with Crippen LogP contribution in [0.15, 0.2) is 18.3 Å². The zero-order chi connectivity index (χ0) is 13.7. The maximum Gasteiger partial charge on any atom is 0.272 e. The predicted molar refractivity (Wildman–Crippen MR) is 74.7 cm³/mol. The van der Waals surface area contributed by atoms with Gasteiger partial charge in [0.25, 0.3) is 5.91 Å². The van der Waals surface area contributed by atoms with E-state index in [-0.39, 0.29) is 5.91 Å². The van der Waals surface area contributed by atoms with Crippen LogP contribution in [-0.2, 0) is 0 Å². The minimum atomic E-state index is -0.0201. The first-order valence-electron chi connectivity index (χ1n) is 6.69. The fraction of sp³-hybridized carbons (Fsp3) is 0.538. The number of nitrogens with one attached hydrogen (secondary N) is 1. The lowest BCUT2D eigenvalue weighted by atomic mass is 10.2. The maximum absolute atomic E-state index is 12.3. The first kappa shape index (κ1) is 13.8. The minimum absolute atomic E-state index is 0.0201. The molecule has 1 fully saturated rings. The van der Waals surface area contributed by atoms with E-state index >= 15 is 0 Å². The van der Waals surface area contributed by atoms with Gasteiger partial charge >= 0.3 is 0 Å². The molecule has 0 unspecified atom stereocenters. The Balaban J connectivity index is 1.97. The van der Waals surface area contributed by atoms with Gasteiger partial charge in [0.1, 0.15) is 5.69 Å². The summed E-state index contributed by atoms with van der Waals surface area (Å²) in [4.78, 5) is 20.7. The lowest BCUT2D eigenvalue weighted by molar-refractivity contribution is 0.0632. The Morgan fingerprint density at radius 3 is 2.79 bits per heavy atom. The standard InChI is InChI=1S/C13H21N5O/c1-2-5-17-6-8-18(9-7-17)13(19)12-10-11(16-14)3-4-15-12/h3-4,10H,2,5-9,14H2,1H3,(H,15,16). The van der Waals surface area contributed by atoms with Crippen LogP contribution in [0.25, 0.3) is 0 Å². The highest BCUT2D eigenvalue weighted by molar-refractivity contribution is 5.93. The first-order chi connectivity index (χ1) is 9.24. The molecule has 0 atom stereocenters. The zero-order valence-electron chi connectivity index (χ0n) is 11.3. The van der Waals surface area contributed by atoms with Crippen LogP contribution in [0, 0.1) is 0 Å². The number of piperazine rings is 1. The number of rotatable bonds is 4. The number of nitrogen functional groups attached to an aromatic ring is 1. The van der Waals surface area contributed by atoms with Gasteiger partial charge in [-0.05, 0) is 25.1 Å². The second-order valence-electron chi connectivity index (χ2n) is 4.71. The summed E-state index contributed by atoms with van der Waals surface area (Å²) in [5, 5.41) is 0. The molecule has 3 N–H and O–H groups in total. The van der Waals surface area contributed by atoms with E-state index in [1.807, 2.05) is 4.90 Å². The molecular weight excluding hydrogens is 242 g/mol. The average molecular weight is 263 g/mol. The molecule has 0 aliphatic carbocycles. The summed E-state index contributed by atoms with van der Waals surface area (Å²) >= 11 is 0. The number of amides is 1. The van der Waals surface area contributed by atoms with E-state index in [0.29, 0.717) is 11.4 Å². The van der Waals surface area contributed by atoms with Crippen molar-refractivity contribution in [3.8, 4) is 0 Å². The maximum atomic E-state index is 12.3. The van der Waals surface area contributed by atoms with Crippen molar-refractivity contribution in [1.82, 2.24) is 14.8 Å². The number of hydrogen-bond donors (Lipinski definition) is 2. The van der Waals surface area contributed by atoms with Crippen LogP contribution in [0.5, 0.6) is 0 Å². The molecule has 0 spiro atoms. The summed E-state index contributed by atoms with van der Waals surface area (Å²) in [6, 6.07) is 3.41. The molecule has 2 heterocycles. The number of nitrogens with two attached hydrogens (primary N) is 1. The molecule has 0 bridgehead atoms. The van der Waals surface area contributed by atoms with E-state index in [9.17, 15) is 4.79 Å². The number of nitrogens with zero attached hydrogens (tertiary/aromatic N) is 3. The molecule has 19 heavy (non-hydrogen) atoms. The molecule has 0 saturated carbocycles. The van der Waals surface area contributed by atoms with Crippen LogP contribution >= 0.6 is 0 Å². The monoisotopic (exact) mass is 263 g/mol. The highest BCUT2D eigenvalue weighted by Gasteiger charge is 2.22. The van der Waals surface area contributed by atoms with Gasteiger partial charge in [-0.1, -0.05) is 6.92 Å². The van der Waals surface area contributed by atoms with Crippen molar-refractivity contribution >= 4 is 11.6 Å². The number of carbonyl (C=O) groups is 1. The summed E-state index contributed by atoms with van der Waals surface area (Å²) in [7, 11) is 0. The van der Waals surface area contributed by atoms with E-state index in [1.54, 1.807) is 18.3 Å². The van der Waals surface area contributed by atoms with Crippen LogP contribution in [-0.4, -0.2) is 53.4 Å². The van der Waals surface area contributed by atoms with Crippen molar-refractivity contribution in [2.45, 2.75) is 13.3 Å². The van der Waals surface area contributed by atoms with E-state index in [0.717, 1.165) is 39.1 Å². The first-order valence-corrected chi connectivity index (χ1v) is 6.69. The topological polar surface area (TPSA) is 74.5 Å². The van der Waals surface area contributed by atoms with Crippen molar-refractivity contribution in [3.05, 3.63) is 24.0 Å². The third-order valence-corrected chi connectivity index (χ3v) is 3.35. The molecule has 1 aliphatic heterocycles. The van der Waals surface area contributed by atoms with Crippen LogP contribution in [0.1, 0.15) is 23.8 Å². The molecule has 6 heteroatoms. The second-order valence-corrected chi connectivity index (χ2v) is 4.71. The van der Waals surface area contributed by atoms with Crippen LogP contribution in [0.2, 0.25) is 0 Å². The Morgan fingerprint density at radius 2 is 2.16 bits per heavy atom. The fourth-order valence-corrected chi connectivity index (χ4v) is 2.29. The van der Waals surface area contributed by atoms with E-state index in [4.69, 9.17) is 5.84 Å². The SMILES string of the molecule is CCCN1CCN(C(=O)c2cc(NN)ccn2)CC1. The number of aromatic nitrogens is 1. The number of hydrazine groups is 1. The molecular formula is C13H21N5O. The fourth-order valence-electron chi connectivity index (χ4n) is 2.29. The van der Waals surface area contributed by atoms with Gasteiger partial charge in [0.2, 0.25) is 0 Å². The van der Waals surface area contributed by atoms with Crippen molar-refractivity contribution in [1.29, 1.82) is 0 Å². The van der Waals surface area contributed by atoms with Crippen molar-refractivity contribution in [3.63, 3.8) is 0 Å². The lowest BCUT2D eigenvalue weighted by Gasteiger charge is -2.34. The summed E-state index contributed by atoms with van der Waals surface area (Å²) < 4.78 is 0. The normalized spacial score (nSPS) is 16.4. The average Bonchev–Trinajstić information content (AvgIpc) is 2.48. The van der Waals surface area contributed by atoms with Gasteiger partial charge < -0.3 is 10.3 Å². The molecule has 6 nitrogen and oxygen atoms in total. The molecule has 1 amide bonds. The highest BCUT2D eigenvalue weighted by Crippen LogP contribution is 2.11. The Morgan fingerprint density at radius 1 is 1.42 bits per heavy atom. The molecule has 104 valence electrons. The third-order valence-electron chi connectivity index (χ3n) is 3.35. The van der Waals surface area contributed by atoms with Crippen LogP contribution in [0.4, 0.5) is 5.69 Å². The van der Waals surface area contributed by atoms with Gasteiger partial charge in [-0.2, -0.15) is 0 Å². The Bertz CT molecular complexity index is 429. The van der Waals surface area contributed by atoms with E-state index in [2.05, 4.69) is 22.2 Å². The van der Waals surface area contributed by atoms with E-state index < -0.39 is 0 Å². The second kappa shape index (κ2) is 6.49. The molecule has 1 aromatic rings. The number of hydrogen-bond acceptors (Lipinski definition) is 5. The molecule has 0 radical (unpaired) electrons. The van der Waals surface area contributed by atoms with Crippen molar-refractivity contribution < 1.29 is 4.79 Å². The number of pyridine rings is 1. The summed E-state index contributed by atoms with van der Waals surface area (Å²) in [5.74, 6) is 5.32. The van der Waals surface area contributed by atoms with Crippen LogP contribution < -0.4 is 11.3 Å². The Hall–Kier alpha value is -1.66. The molecule has 1 aliphatic rings. The summed E-state index contributed by atoms with van der Waals surface area (Å²) in [6.07, 6.45) is 2.75. The van der Waals surface area contributed by atoms with Gasteiger partial charge in [-0.3, -0.25) is 20.5 Å². The third kappa shape index (κ3) is 3.42. The summed E-state index contributed by atoms with van der Waals surface area (Å²) in [5.41, 5.74) is 3.67.